The van der Waals surface area contributed by atoms with Gasteiger partial charge in [-0.3, -0.25) is 14.2 Å². The molecule has 1 amide bonds. The molecule has 0 saturated heterocycles. The monoisotopic (exact) mass is 423 g/mol. The summed E-state index contributed by atoms with van der Waals surface area (Å²) < 4.78 is 41.8. The molecule has 3 aromatic rings. The van der Waals surface area contributed by atoms with E-state index in [0.717, 1.165) is 12.1 Å². The number of carboxylic acids is 1. The van der Waals surface area contributed by atoms with Crippen LogP contribution in [0, 0.1) is 0 Å². The molecule has 11 heteroatoms. The van der Waals surface area contributed by atoms with Crippen LogP contribution in [0.25, 0.3) is 11.0 Å². The highest BCUT2D eigenvalue weighted by Gasteiger charge is 2.31. The number of amides is 1. The second-order valence-electron chi connectivity index (χ2n) is 6.37. The number of nitrogens with one attached hydrogen (secondary N) is 2. The van der Waals surface area contributed by atoms with E-state index in [2.05, 4.69) is 15.0 Å². The molecule has 0 saturated carbocycles. The summed E-state index contributed by atoms with van der Waals surface area (Å²) in [6.07, 6.45) is -5.36. The van der Waals surface area contributed by atoms with Crippen molar-refractivity contribution >= 4 is 22.9 Å². The summed E-state index contributed by atoms with van der Waals surface area (Å²) in [5.74, 6) is -2.33. The number of ether oxygens (including phenoxy) is 1. The number of imidazole rings is 1. The summed E-state index contributed by atoms with van der Waals surface area (Å²) in [6.45, 7) is -0.367. The lowest BCUT2D eigenvalue weighted by atomic mass is 10.0. The molecule has 1 atom stereocenters. The van der Waals surface area contributed by atoms with Crippen molar-refractivity contribution in [1.82, 2.24) is 14.9 Å². The van der Waals surface area contributed by atoms with Crippen molar-refractivity contribution in [2.75, 3.05) is 0 Å². The number of rotatable bonds is 7. The van der Waals surface area contributed by atoms with Crippen LogP contribution in [-0.4, -0.2) is 32.9 Å². The molecule has 0 bridgehead atoms. The van der Waals surface area contributed by atoms with Gasteiger partial charge in [0.05, 0.1) is 23.5 Å². The Hall–Kier alpha value is -3.76. The number of para-hydroxylation sites is 2. The third-order valence-corrected chi connectivity index (χ3v) is 4.21. The van der Waals surface area contributed by atoms with E-state index in [1.54, 1.807) is 24.3 Å². The zero-order valence-corrected chi connectivity index (χ0v) is 15.3. The Morgan fingerprint density at radius 2 is 1.80 bits per heavy atom. The number of fused-ring (bicyclic) bond motifs is 1. The highest BCUT2D eigenvalue weighted by Crippen LogP contribution is 2.25. The second kappa shape index (κ2) is 8.31. The smallest absolute Gasteiger partial charge is 0.481 e. The Kier molecular flexibility index (Phi) is 5.81. The summed E-state index contributed by atoms with van der Waals surface area (Å²) in [5.41, 5.74) is 0.806. The van der Waals surface area contributed by atoms with E-state index in [1.807, 2.05) is 0 Å². The Bertz CT molecular complexity index is 1120. The quantitative estimate of drug-likeness (QED) is 0.541. The number of halogens is 3. The molecule has 3 N–H and O–H groups in total. The lowest BCUT2D eigenvalue weighted by molar-refractivity contribution is -0.274. The summed E-state index contributed by atoms with van der Waals surface area (Å²) in [4.78, 5) is 38.3. The van der Waals surface area contributed by atoms with E-state index in [9.17, 15) is 27.6 Å². The molecule has 0 fully saturated rings. The number of carboxylic acid groups (broad SMARTS) is 1. The average Bonchev–Trinajstić information content (AvgIpc) is 2.95. The molecule has 8 nitrogen and oxygen atoms in total. The van der Waals surface area contributed by atoms with Gasteiger partial charge in [-0.15, -0.1) is 13.2 Å². The van der Waals surface area contributed by atoms with Crippen LogP contribution < -0.4 is 15.7 Å². The molecule has 0 radical (unpaired) electrons. The van der Waals surface area contributed by atoms with Crippen LogP contribution >= 0.6 is 0 Å². The van der Waals surface area contributed by atoms with Gasteiger partial charge in [-0.1, -0.05) is 24.3 Å². The van der Waals surface area contributed by atoms with Gasteiger partial charge in [0.2, 0.25) is 5.91 Å². The highest BCUT2D eigenvalue weighted by molar-refractivity contribution is 5.81. The third kappa shape index (κ3) is 5.19. The minimum atomic E-state index is -4.86. The van der Waals surface area contributed by atoms with Crippen LogP contribution in [-0.2, 0) is 16.1 Å². The molecule has 1 heterocycles. The van der Waals surface area contributed by atoms with Crippen molar-refractivity contribution in [2.45, 2.75) is 25.4 Å². The van der Waals surface area contributed by atoms with E-state index >= 15 is 0 Å². The lowest BCUT2D eigenvalue weighted by Gasteiger charge is -2.18. The van der Waals surface area contributed by atoms with Crippen LogP contribution in [0.5, 0.6) is 5.75 Å². The number of aromatic amines is 1. The molecule has 3 rings (SSSR count). The van der Waals surface area contributed by atoms with Gasteiger partial charge in [-0.25, -0.2) is 4.79 Å². The SMILES string of the molecule is O=C(O)CC(NC(=O)Cn1c(=O)[nH]c2ccccc21)c1ccc(OC(F)(F)F)cc1. The number of aliphatic carboxylic acids is 1. The fraction of sp³-hybridized carbons (Fsp3) is 0.211. The van der Waals surface area contributed by atoms with Crippen molar-refractivity contribution in [2.24, 2.45) is 0 Å². The Morgan fingerprint density at radius 3 is 2.43 bits per heavy atom. The zero-order chi connectivity index (χ0) is 21.9. The van der Waals surface area contributed by atoms with Crippen molar-refractivity contribution in [3.8, 4) is 5.75 Å². The number of hydrogen-bond acceptors (Lipinski definition) is 4. The number of nitrogens with zero attached hydrogens (tertiary/aromatic N) is 1. The second-order valence-corrected chi connectivity index (χ2v) is 6.37. The highest BCUT2D eigenvalue weighted by atomic mass is 19.4. The minimum Gasteiger partial charge on any atom is -0.481 e. The summed E-state index contributed by atoms with van der Waals surface area (Å²) >= 11 is 0. The lowest BCUT2D eigenvalue weighted by Crippen LogP contribution is -2.35. The first-order valence-electron chi connectivity index (χ1n) is 8.67. The summed E-state index contributed by atoms with van der Waals surface area (Å²) in [5, 5.41) is 11.6. The molecule has 2 aromatic carbocycles. The van der Waals surface area contributed by atoms with Crippen LogP contribution in [0.1, 0.15) is 18.0 Å². The molecule has 158 valence electrons. The predicted molar refractivity (Wildman–Crippen MR) is 98.8 cm³/mol. The van der Waals surface area contributed by atoms with Gasteiger partial charge in [0.1, 0.15) is 12.3 Å². The van der Waals surface area contributed by atoms with E-state index in [-0.39, 0.29) is 12.1 Å². The van der Waals surface area contributed by atoms with Gasteiger partial charge in [0.15, 0.2) is 0 Å². The number of benzene rings is 2. The molecule has 1 aromatic heterocycles. The first kappa shape index (κ1) is 21.0. The van der Waals surface area contributed by atoms with Gasteiger partial charge in [-0.05, 0) is 29.8 Å². The topological polar surface area (TPSA) is 113 Å². The maximum atomic E-state index is 12.5. The number of carbonyl (C=O) groups is 2. The maximum Gasteiger partial charge on any atom is 0.573 e. The Balaban J connectivity index is 1.77. The number of aromatic nitrogens is 2. The molecule has 1 unspecified atom stereocenters. The molecule has 30 heavy (non-hydrogen) atoms. The first-order chi connectivity index (χ1) is 14.1. The molecule has 0 aliphatic rings. The Labute approximate surface area is 166 Å². The standard InChI is InChI=1S/C19H16F3N3O5/c20-19(21,22)30-12-7-5-11(6-8-12)14(9-17(27)28)23-16(26)10-25-15-4-2-1-3-13(15)24-18(25)29/h1-8,14H,9-10H2,(H,23,26)(H,24,29)(H,27,28). The third-order valence-electron chi connectivity index (χ3n) is 4.21. The van der Waals surface area contributed by atoms with Crippen LogP contribution in [0.2, 0.25) is 0 Å². The van der Waals surface area contributed by atoms with Crippen molar-refractivity contribution in [1.29, 1.82) is 0 Å². The largest absolute Gasteiger partial charge is 0.573 e. The molecule has 0 spiro atoms. The normalized spacial score (nSPS) is 12.5. The predicted octanol–water partition coefficient (Wildman–Crippen LogP) is 2.56. The molecule has 0 aliphatic heterocycles. The van der Waals surface area contributed by atoms with Gasteiger partial charge in [0.25, 0.3) is 0 Å². The number of carbonyl (C=O) groups excluding carboxylic acids is 1. The van der Waals surface area contributed by atoms with Crippen LogP contribution in [0.3, 0.4) is 0 Å². The first-order valence-corrected chi connectivity index (χ1v) is 8.67. The van der Waals surface area contributed by atoms with Crippen LogP contribution in [0.15, 0.2) is 53.3 Å². The van der Waals surface area contributed by atoms with Gasteiger partial charge < -0.3 is 20.1 Å². The van der Waals surface area contributed by atoms with E-state index in [0.29, 0.717) is 11.0 Å². The summed E-state index contributed by atoms with van der Waals surface area (Å²) in [6, 6.07) is 10.2. The van der Waals surface area contributed by atoms with Gasteiger partial charge >= 0.3 is 18.0 Å². The van der Waals surface area contributed by atoms with Crippen molar-refractivity contribution in [3.63, 3.8) is 0 Å². The molecular formula is C19H16F3N3O5. The maximum absolute atomic E-state index is 12.5. The fourth-order valence-corrected chi connectivity index (χ4v) is 2.98. The fourth-order valence-electron chi connectivity index (χ4n) is 2.98. The van der Waals surface area contributed by atoms with E-state index in [1.165, 1.54) is 16.7 Å². The summed E-state index contributed by atoms with van der Waals surface area (Å²) in [7, 11) is 0. The molecular weight excluding hydrogens is 407 g/mol. The number of hydrogen-bond donors (Lipinski definition) is 3. The average molecular weight is 423 g/mol. The zero-order valence-electron chi connectivity index (χ0n) is 15.3. The van der Waals surface area contributed by atoms with Gasteiger partial charge in [-0.2, -0.15) is 0 Å². The van der Waals surface area contributed by atoms with E-state index < -0.39 is 42.1 Å². The minimum absolute atomic E-state index is 0.270. The number of alkyl halides is 3. The van der Waals surface area contributed by atoms with Crippen LogP contribution in [0.4, 0.5) is 13.2 Å². The Morgan fingerprint density at radius 1 is 1.13 bits per heavy atom. The molecule has 0 aliphatic carbocycles. The van der Waals surface area contributed by atoms with Gasteiger partial charge in [0, 0.05) is 0 Å². The number of H-pyrrole nitrogens is 1. The van der Waals surface area contributed by atoms with Crippen molar-refractivity contribution < 1.29 is 32.6 Å². The van der Waals surface area contributed by atoms with E-state index in [4.69, 9.17) is 5.11 Å². The van der Waals surface area contributed by atoms with Crippen molar-refractivity contribution in [3.05, 3.63) is 64.6 Å².